The number of aromatic nitrogens is 3. The molecular formula is C23H32ClN5O. The SMILES string of the molecule is Cl.N[C@H](Cc1ccccc1)c1nc(CC2CC2)nn1CC(=O)NCC1=CCCCC1. The average Bonchev–Trinajstić information content (AvgIpc) is 3.46. The first-order valence-electron chi connectivity index (χ1n) is 10.8. The van der Waals surface area contributed by atoms with Crippen LogP contribution in [-0.4, -0.2) is 27.2 Å². The Morgan fingerprint density at radius 2 is 2.03 bits per heavy atom. The van der Waals surface area contributed by atoms with Gasteiger partial charge in [-0.25, -0.2) is 9.67 Å². The third kappa shape index (κ3) is 6.41. The second-order valence-corrected chi connectivity index (χ2v) is 8.37. The van der Waals surface area contributed by atoms with E-state index in [9.17, 15) is 4.79 Å². The van der Waals surface area contributed by atoms with Crippen LogP contribution in [0.15, 0.2) is 42.0 Å². The molecule has 2 aliphatic rings. The highest BCUT2D eigenvalue weighted by molar-refractivity contribution is 5.85. The summed E-state index contributed by atoms with van der Waals surface area (Å²) in [6, 6.07) is 9.87. The Balaban J connectivity index is 0.00000256. The fourth-order valence-corrected chi connectivity index (χ4v) is 3.89. The molecule has 1 amide bonds. The Kier molecular flexibility index (Phi) is 8.05. The number of nitrogens with two attached hydrogens (primary N) is 1. The molecule has 1 fully saturated rings. The molecule has 162 valence electrons. The van der Waals surface area contributed by atoms with Crippen LogP contribution in [0.3, 0.4) is 0 Å². The number of carbonyl (C=O) groups is 1. The van der Waals surface area contributed by atoms with Gasteiger partial charge < -0.3 is 11.1 Å². The highest BCUT2D eigenvalue weighted by Crippen LogP contribution is 2.32. The highest BCUT2D eigenvalue weighted by atomic mass is 35.5. The van der Waals surface area contributed by atoms with Gasteiger partial charge in [0.1, 0.15) is 12.4 Å². The molecule has 2 aromatic rings. The van der Waals surface area contributed by atoms with Crippen LogP contribution in [0.2, 0.25) is 0 Å². The fourth-order valence-electron chi connectivity index (χ4n) is 3.89. The van der Waals surface area contributed by atoms with E-state index in [-0.39, 0.29) is 30.9 Å². The summed E-state index contributed by atoms with van der Waals surface area (Å²) in [7, 11) is 0. The van der Waals surface area contributed by atoms with Crippen molar-refractivity contribution in [1.82, 2.24) is 20.1 Å². The van der Waals surface area contributed by atoms with Crippen LogP contribution in [0.4, 0.5) is 0 Å². The summed E-state index contributed by atoms with van der Waals surface area (Å²) >= 11 is 0. The van der Waals surface area contributed by atoms with Gasteiger partial charge in [0.2, 0.25) is 5.91 Å². The maximum Gasteiger partial charge on any atom is 0.242 e. The predicted octanol–water partition coefficient (Wildman–Crippen LogP) is 3.51. The van der Waals surface area contributed by atoms with Crippen molar-refractivity contribution >= 4 is 18.3 Å². The van der Waals surface area contributed by atoms with E-state index < -0.39 is 0 Å². The van der Waals surface area contributed by atoms with E-state index in [4.69, 9.17) is 10.7 Å². The number of nitrogens with zero attached hydrogens (tertiary/aromatic N) is 3. The van der Waals surface area contributed by atoms with Gasteiger partial charge in [-0.2, -0.15) is 5.10 Å². The molecule has 1 saturated carbocycles. The smallest absolute Gasteiger partial charge is 0.242 e. The first kappa shape index (κ1) is 22.5. The van der Waals surface area contributed by atoms with Crippen LogP contribution in [-0.2, 0) is 24.2 Å². The zero-order valence-electron chi connectivity index (χ0n) is 17.4. The topological polar surface area (TPSA) is 85.8 Å². The second-order valence-electron chi connectivity index (χ2n) is 8.37. The molecule has 0 radical (unpaired) electrons. The molecule has 6 nitrogen and oxygen atoms in total. The van der Waals surface area contributed by atoms with Crippen molar-refractivity contribution in [3.63, 3.8) is 0 Å². The van der Waals surface area contributed by atoms with Crippen molar-refractivity contribution < 1.29 is 4.79 Å². The van der Waals surface area contributed by atoms with Gasteiger partial charge in [-0.3, -0.25) is 4.79 Å². The van der Waals surface area contributed by atoms with Crippen LogP contribution in [0.25, 0.3) is 0 Å². The fraction of sp³-hybridized carbons (Fsp3) is 0.522. The lowest BCUT2D eigenvalue weighted by molar-refractivity contribution is -0.121. The van der Waals surface area contributed by atoms with Crippen LogP contribution < -0.4 is 11.1 Å². The summed E-state index contributed by atoms with van der Waals surface area (Å²) in [5.41, 5.74) is 8.98. The molecule has 0 unspecified atom stereocenters. The van der Waals surface area contributed by atoms with Crippen LogP contribution in [0.5, 0.6) is 0 Å². The van der Waals surface area contributed by atoms with E-state index in [0.29, 0.717) is 24.7 Å². The van der Waals surface area contributed by atoms with Crippen LogP contribution in [0, 0.1) is 5.92 Å². The van der Waals surface area contributed by atoms with Gasteiger partial charge in [-0.1, -0.05) is 42.0 Å². The summed E-state index contributed by atoms with van der Waals surface area (Å²) in [5, 5.41) is 7.68. The molecule has 1 aromatic carbocycles. The lowest BCUT2D eigenvalue weighted by atomic mass is 10.00. The summed E-state index contributed by atoms with van der Waals surface area (Å²) in [5.74, 6) is 2.17. The first-order chi connectivity index (χ1) is 14.2. The van der Waals surface area contributed by atoms with E-state index >= 15 is 0 Å². The van der Waals surface area contributed by atoms with E-state index in [2.05, 4.69) is 28.6 Å². The minimum atomic E-state index is -0.285. The summed E-state index contributed by atoms with van der Waals surface area (Å²) in [6.07, 6.45) is 11.0. The molecule has 4 rings (SSSR count). The Morgan fingerprint density at radius 3 is 2.73 bits per heavy atom. The monoisotopic (exact) mass is 429 g/mol. The number of carbonyl (C=O) groups excluding carboxylic acids is 1. The van der Waals surface area contributed by atoms with Crippen molar-refractivity contribution in [3.05, 3.63) is 59.2 Å². The maximum atomic E-state index is 12.6. The van der Waals surface area contributed by atoms with Crippen molar-refractivity contribution in [2.24, 2.45) is 11.7 Å². The van der Waals surface area contributed by atoms with E-state index in [1.165, 1.54) is 31.3 Å². The number of halogens is 1. The average molecular weight is 430 g/mol. The molecule has 3 N–H and O–H groups in total. The third-order valence-corrected chi connectivity index (χ3v) is 5.73. The highest BCUT2D eigenvalue weighted by Gasteiger charge is 2.26. The van der Waals surface area contributed by atoms with Crippen LogP contribution in [0.1, 0.15) is 61.8 Å². The minimum Gasteiger partial charge on any atom is -0.351 e. The van der Waals surface area contributed by atoms with E-state index in [1.807, 2.05) is 18.2 Å². The van der Waals surface area contributed by atoms with Gasteiger partial charge in [-0.05, 0) is 56.4 Å². The largest absolute Gasteiger partial charge is 0.351 e. The van der Waals surface area contributed by atoms with Gasteiger partial charge in [0.15, 0.2) is 5.82 Å². The molecule has 1 atom stereocenters. The van der Waals surface area contributed by atoms with Gasteiger partial charge in [0.25, 0.3) is 0 Å². The van der Waals surface area contributed by atoms with Gasteiger partial charge in [-0.15, -0.1) is 12.4 Å². The molecular weight excluding hydrogens is 398 g/mol. The Labute approximate surface area is 184 Å². The minimum absolute atomic E-state index is 0. The number of allylic oxidation sites excluding steroid dienone is 1. The molecule has 0 aliphatic heterocycles. The van der Waals surface area contributed by atoms with Crippen molar-refractivity contribution in [1.29, 1.82) is 0 Å². The summed E-state index contributed by atoms with van der Waals surface area (Å²) in [6.45, 7) is 0.802. The molecule has 30 heavy (non-hydrogen) atoms. The Bertz CT molecular complexity index is 860. The molecule has 0 saturated heterocycles. The van der Waals surface area contributed by atoms with Gasteiger partial charge in [0, 0.05) is 13.0 Å². The number of hydrogen-bond donors (Lipinski definition) is 2. The quantitative estimate of drug-likeness (QED) is 0.597. The molecule has 1 heterocycles. The summed E-state index contributed by atoms with van der Waals surface area (Å²) in [4.78, 5) is 17.3. The predicted molar refractivity (Wildman–Crippen MR) is 120 cm³/mol. The lowest BCUT2D eigenvalue weighted by Gasteiger charge is -2.15. The second kappa shape index (κ2) is 10.7. The number of benzene rings is 1. The number of nitrogens with one attached hydrogen (secondary N) is 1. The maximum absolute atomic E-state index is 12.6. The molecule has 7 heteroatoms. The molecule has 2 aliphatic carbocycles. The van der Waals surface area contributed by atoms with Crippen molar-refractivity contribution in [3.8, 4) is 0 Å². The van der Waals surface area contributed by atoms with Crippen molar-refractivity contribution in [2.45, 2.75) is 64.0 Å². The first-order valence-corrected chi connectivity index (χ1v) is 10.8. The van der Waals surface area contributed by atoms with E-state index in [1.54, 1.807) is 4.68 Å². The molecule has 0 spiro atoms. The Morgan fingerprint density at radius 1 is 1.23 bits per heavy atom. The number of hydrogen-bond acceptors (Lipinski definition) is 4. The van der Waals surface area contributed by atoms with Gasteiger partial charge >= 0.3 is 0 Å². The zero-order chi connectivity index (χ0) is 20.1. The Hall–Kier alpha value is -2.18. The van der Waals surface area contributed by atoms with E-state index in [0.717, 1.165) is 30.7 Å². The molecule has 1 aromatic heterocycles. The standard InChI is InChI=1S/C23H31N5O.ClH/c24-20(13-17-7-3-1-4-8-17)23-26-21(14-18-11-12-18)27-28(23)16-22(29)25-15-19-9-5-2-6-10-19;/h1,3-4,7-9,18,20H,2,5-6,10-16,24H2,(H,25,29);1H/t20-;/m1./s1. The van der Waals surface area contributed by atoms with Crippen LogP contribution >= 0.6 is 12.4 Å². The lowest BCUT2D eigenvalue weighted by Crippen LogP contribution is -2.31. The molecule has 0 bridgehead atoms. The van der Waals surface area contributed by atoms with Crippen molar-refractivity contribution in [2.75, 3.05) is 6.54 Å². The zero-order valence-corrected chi connectivity index (χ0v) is 18.2. The summed E-state index contributed by atoms with van der Waals surface area (Å²) < 4.78 is 1.72. The number of amides is 1. The number of rotatable bonds is 9. The third-order valence-electron chi connectivity index (χ3n) is 5.73. The van der Waals surface area contributed by atoms with Gasteiger partial charge in [0.05, 0.1) is 6.04 Å². The normalized spacial score (nSPS) is 17.0.